The van der Waals surface area contributed by atoms with Crippen molar-refractivity contribution in [1.29, 1.82) is 0 Å². The minimum absolute atomic E-state index is 0.288. The highest BCUT2D eigenvalue weighted by Gasteiger charge is 2.17. The maximum Gasteiger partial charge on any atom is 0.217 e. The van der Waals surface area contributed by atoms with E-state index in [0.717, 1.165) is 29.2 Å². The molecule has 0 saturated carbocycles. The first-order chi connectivity index (χ1) is 9.08. The van der Waals surface area contributed by atoms with E-state index in [4.69, 9.17) is 17.3 Å². The highest BCUT2D eigenvalue weighted by atomic mass is 35.5. The van der Waals surface area contributed by atoms with Crippen LogP contribution in [0.4, 0.5) is 0 Å². The zero-order valence-corrected chi connectivity index (χ0v) is 11.9. The number of nitrogens with two attached hydrogens (primary N) is 1. The number of imidazole rings is 1. The number of aryl methyl sites for hydroxylation is 3. The van der Waals surface area contributed by atoms with Gasteiger partial charge in [0, 0.05) is 19.5 Å². The van der Waals surface area contributed by atoms with Crippen LogP contribution >= 0.6 is 11.6 Å². The maximum absolute atomic E-state index is 10.8. The van der Waals surface area contributed by atoms with Crippen LogP contribution in [-0.4, -0.2) is 25.2 Å². The molecule has 6 nitrogen and oxygen atoms in total. The number of rotatable bonds is 6. The molecule has 0 fully saturated rings. The zero-order chi connectivity index (χ0) is 14.0. The first-order valence-electron chi connectivity index (χ1n) is 6.35. The van der Waals surface area contributed by atoms with E-state index < -0.39 is 0 Å². The largest absolute Gasteiger partial charge is 0.370 e. The van der Waals surface area contributed by atoms with Gasteiger partial charge in [0.05, 0.1) is 11.6 Å². The number of halogens is 1. The Morgan fingerprint density at radius 2 is 2.21 bits per heavy atom. The van der Waals surface area contributed by atoms with Crippen LogP contribution in [0.3, 0.4) is 0 Å². The SMILES string of the molecule is CCn1nc(C)c2nc(CCl)n(CCCC(N)=O)c21. The van der Waals surface area contributed by atoms with Gasteiger partial charge in [-0.15, -0.1) is 11.6 Å². The lowest BCUT2D eigenvalue weighted by Crippen LogP contribution is -2.13. The zero-order valence-electron chi connectivity index (χ0n) is 11.2. The molecule has 104 valence electrons. The second-order valence-electron chi connectivity index (χ2n) is 4.46. The van der Waals surface area contributed by atoms with Crippen molar-refractivity contribution in [3.8, 4) is 0 Å². The minimum atomic E-state index is -0.288. The molecule has 2 aromatic rings. The Kier molecular flexibility index (Phi) is 4.09. The van der Waals surface area contributed by atoms with E-state index in [0.29, 0.717) is 25.3 Å². The lowest BCUT2D eigenvalue weighted by atomic mass is 10.3. The second-order valence-corrected chi connectivity index (χ2v) is 4.72. The smallest absolute Gasteiger partial charge is 0.217 e. The van der Waals surface area contributed by atoms with Crippen molar-refractivity contribution in [2.24, 2.45) is 5.73 Å². The number of nitrogens with zero attached hydrogens (tertiary/aromatic N) is 4. The van der Waals surface area contributed by atoms with Gasteiger partial charge in [-0.05, 0) is 20.3 Å². The van der Waals surface area contributed by atoms with Crippen molar-refractivity contribution in [1.82, 2.24) is 19.3 Å². The third-order valence-electron chi connectivity index (χ3n) is 3.10. The van der Waals surface area contributed by atoms with Gasteiger partial charge in [-0.3, -0.25) is 4.79 Å². The molecule has 0 aliphatic carbocycles. The second kappa shape index (κ2) is 5.61. The van der Waals surface area contributed by atoms with Gasteiger partial charge in [0.25, 0.3) is 0 Å². The molecule has 0 aromatic carbocycles. The van der Waals surface area contributed by atoms with Crippen LogP contribution in [0.25, 0.3) is 11.2 Å². The fourth-order valence-corrected chi connectivity index (χ4v) is 2.44. The number of fused-ring (bicyclic) bond motifs is 1. The first-order valence-corrected chi connectivity index (χ1v) is 6.88. The van der Waals surface area contributed by atoms with Gasteiger partial charge in [0.1, 0.15) is 11.3 Å². The van der Waals surface area contributed by atoms with Crippen molar-refractivity contribution in [3.63, 3.8) is 0 Å². The van der Waals surface area contributed by atoms with Crippen LogP contribution in [0.5, 0.6) is 0 Å². The number of carbonyl (C=O) groups excluding carboxylic acids is 1. The van der Waals surface area contributed by atoms with Gasteiger partial charge in [-0.25, -0.2) is 9.67 Å². The topological polar surface area (TPSA) is 78.7 Å². The van der Waals surface area contributed by atoms with Crippen LogP contribution in [0.15, 0.2) is 0 Å². The lowest BCUT2D eigenvalue weighted by molar-refractivity contribution is -0.118. The molecule has 0 atom stereocenters. The predicted molar refractivity (Wildman–Crippen MR) is 73.9 cm³/mol. The molecule has 19 heavy (non-hydrogen) atoms. The van der Waals surface area contributed by atoms with Gasteiger partial charge in [-0.2, -0.15) is 5.10 Å². The standard InChI is InChI=1S/C12H18ClN5O/c1-3-18-12-11(8(2)16-18)15-10(7-13)17(12)6-4-5-9(14)19/h3-7H2,1-2H3,(H2,14,19). The molecular weight excluding hydrogens is 266 g/mol. The minimum Gasteiger partial charge on any atom is -0.370 e. The number of aromatic nitrogens is 4. The van der Waals surface area contributed by atoms with Gasteiger partial charge >= 0.3 is 0 Å². The third-order valence-corrected chi connectivity index (χ3v) is 3.34. The van der Waals surface area contributed by atoms with Crippen LogP contribution in [-0.2, 0) is 23.8 Å². The summed E-state index contributed by atoms with van der Waals surface area (Å²) in [5.41, 5.74) is 7.93. The Bertz CT molecular complexity index is 601. The number of carbonyl (C=O) groups is 1. The van der Waals surface area contributed by atoms with Crippen molar-refractivity contribution >= 4 is 28.7 Å². The fraction of sp³-hybridized carbons (Fsp3) is 0.583. The molecule has 0 aliphatic rings. The molecule has 1 amide bonds. The number of amides is 1. The van der Waals surface area contributed by atoms with Crippen molar-refractivity contribution in [2.75, 3.05) is 0 Å². The van der Waals surface area contributed by atoms with E-state index in [1.165, 1.54) is 0 Å². The van der Waals surface area contributed by atoms with Gasteiger partial charge in [-0.1, -0.05) is 0 Å². The average Bonchev–Trinajstić information content (AvgIpc) is 2.88. The van der Waals surface area contributed by atoms with E-state index in [1.54, 1.807) is 0 Å². The summed E-state index contributed by atoms with van der Waals surface area (Å²) in [5.74, 6) is 0.863. The van der Waals surface area contributed by atoms with E-state index in [1.807, 2.05) is 23.1 Å². The summed E-state index contributed by atoms with van der Waals surface area (Å²) >= 11 is 5.95. The van der Waals surface area contributed by atoms with E-state index >= 15 is 0 Å². The summed E-state index contributed by atoms with van der Waals surface area (Å²) in [6.45, 7) is 5.42. The molecule has 2 heterocycles. The quantitative estimate of drug-likeness (QED) is 0.817. The van der Waals surface area contributed by atoms with Gasteiger partial charge in [0.15, 0.2) is 5.65 Å². The Balaban J connectivity index is 2.40. The molecule has 2 aromatic heterocycles. The molecular formula is C12H18ClN5O. The molecule has 0 aliphatic heterocycles. The summed E-state index contributed by atoms with van der Waals surface area (Å²) in [5, 5.41) is 4.45. The Hall–Kier alpha value is -1.56. The monoisotopic (exact) mass is 283 g/mol. The van der Waals surface area contributed by atoms with Gasteiger partial charge < -0.3 is 10.3 Å². The first kappa shape index (κ1) is 13.9. The fourth-order valence-electron chi connectivity index (χ4n) is 2.24. The lowest BCUT2D eigenvalue weighted by Gasteiger charge is -2.08. The van der Waals surface area contributed by atoms with Gasteiger partial charge in [0.2, 0.25) is 5.91 Å². The van der Waals surface area contributed by atoms with Crippen LogP contribution in [0.2, 0.25) is 0 Å². The Labute approximate surface area is 116 Å². The summed E-state index contributed by atoms with van der Waals surface area (Å²) in [4.78, 5) is 15.4. The summed E-state index contributed by atoms with van der Waals surface area (Å²) in [6.07, 6.45) is 1.04. The Morgan fingerprint density at radius 1 is 1.47 bits per heavy atom. The molecule has 0 spiro atoms. The summed E-state index contributed by atoms with van der Waals surface area (Å²) in [7, 11) is 0. The molecule has 2 rings (SSSR count). The van der Waals surface area contributed by atoms with Crippen molar-refractivity contribution < 1.29 is 4.79 Å². The number of primary amides is 1. The van der Waals surface area contributed by atoms with E-state index in [2.05, 4.69) is 10.1 Å². The van der Waals surface area contributed by atoms with Crippen LogP contribution in [0, 0.1) is 6.92 Å². The van der Waals surface area contributed by atoms with Crippen LogP contribution < -0.4 is 5.73 Å². The normalized spacial score (nSPS) is 11.3. The number of hydrogen-bond acceptors (Lipinski definition) is 3. The average molecular weight is 284 g/mol. The highest BCUT2D eigenvalue weighted by Crippen LogP contribution is 2.21. The highest BCUT2D eigenvalue weighted by molar-refractivity contribution is 6.16. The number of alkyl halides is 1. The molecule has 0 radical (unpaired) electrons. The third kappa shape index (κ3) is 2.58. The van der Waals surface area contributed by atoms with Crippen molar-refractivity contribution in [3.05, 3.63) is 11.5 Å². The van der Waals surface area contributed by atoms with E-state index in [-0.39, 0.29) is 5.91 Å². The molecule has 0 saturated heterocycles. The predicted octanol–water partition coefficient (Wildman–Crippen LogP) is 1.57. The molecule has 7 heteroatoms. The summed E-state index contributed by atoms with van der Waals surface area (Å²) in [6, 6.07) is 0. The summed E-state index contributed by atoms with van der Waals surface area (Å²) < 4.78 is 3.95. The molecule has 0 unspecified atom stereocenters. The Morgan fingerprint density at radius 3 is 2.79 bits per heavy atom. The maximum atomic E-state index is 10.8. The van der Waals surface area contributed by atoms with E-state index in [9.17, 15) is 4.79 Å². The van der Waals surface area contributed by atoms with Crippen LogP contribution in [0.1, 0.15) is 31.3 Å². The molecule has 0 bridgehead atoms. The van der Waals surface area contributed by atoms with Crippen molar-refractivity contribution in [2.45, 2.75) is 45.7 Å². The molecule has 2 N–H and O–H groups in total. The number of hydrogen-bond donors (Lipinski definition) is 1.